The average Bonchev–Trinajstić information content (AvgIpc) is 2.33. The van der Waals surface area contributed by atoms with Crippen LogP contribution in [-0.2, 0) is 0 Å². The molecule has 7 heteroatoms. The van der Waals surface area contributed by atoms with Gasteiger partial charge in [-0.25, -0.2) is 0 Å². The highest BCUT2D eigenvalue weighted by atomic mass is 35.5. The van der Waals surface area contributed by atoms with Crippen LogP contribution in [0, 0.1) is 0 Å². The predicted octanol–water partition coefficient (Wildman–Crippen LogP) is 2.82. The molecule has 0 heterocycles. The Hall–Kier alpha value is -1.04. The normalized spacial score (nSPS) is 10.4. The summed E-state index contributed by atoms with van der Waals surface area (Å²) in [5, 5.41) is 7.99. The van der Waals surface area contributed by atoms with E-state index >= 15 is 0 Å². The summed E-state index contributed by atoms with van der Waals surface area (Å²) in [5.41, 5.74) is 3.38. The summed E-state index contributed by atoms with van der Waals surface area (Å²) in [6, 6.07) is 3.43. The van der Waals surface area contributed by atoms with E-state index in [9.17, 15) is 0 Å². The molecular formula is C11H13Cl2N3OS. The molecule has 0 spiro atoms. The Bertz CT molecular complexity index is 443. The third kappa shape index (κ3) is 4.33. The maximum Gasteiger partial charge on any atom is 0.186 e. The summed E-state index contributed by atoms with van der Waals surface area (Å²) in [6.07, 6.45) is 1.57. The average molecular weight is 306 g/mol. The molecule has 0 aromatic heterocycles. The van der Waals surface area contributed by atoms with Crippen LogP contribution in [0.5, 0.6) is 5.75 Å². The van der Waals surface area contributed by atoms with Gasteiger partial charge in [-0.2, -0.15) is 5.10 Å². The second kappa shape index (κ2) is 7.41. The zero-order chi connectivity index (χ0) is 13.5. The molecule has 4 nitrogen and oxygen atoms in total. The second-order valence-electron chi connectivity index (χ2n) is 3.20. The number of nitrogens with zero attached hydrogens (tertiary/aromatic N) is 1. The molecule has 98 valence electrons. The van der Waals surface area contributed by atoms with Crippen molar-refractivity contribution in [3.63, 3.8) is 0 Å². The maximum atomic E-state index is 6.05. The summed E-state index contributed by atoms with van der Waals surface area (Å²) in [4.78, 5) is 0. The lowest BCUT2D eigenvalue weighted by Gasteiger charge is -2.08. The van der Waals surface area contributed by atoms with Crippen LogP contribution >= 0.6 is 35.4 Å². The lowest BCUT2D eigenvalue weighted by Crippen LogP contribution is -2.28. The van der Waals surface area contributed by atoms with Crippen molar-refractivity contribution in [2.24, 2.45) is 5.10 Å². The van der Waals surface area contributed by atoms with Crippen molar-refractivity contribution >= 4 is 46.7 Å². The van der Waals surface area contributed by atoms with Crippen LogP contribution in [0.4, 0.5) is 0 Å². The van der Waals surface area contributed by atoms with Gasteiger partial charge in [0.2, 0.25) is 0 Å². The Morgan fingerprint density at radius 1 is 1.44 bits per heavy atom. The van der Waals surface area contributed by atoms with Gasteiger partial charge < -0.3 is 10.1 Å². The molecular weight excluding hydrogens is 293 g/mol. The van der Waals surface area contributed by atoms with E-state index in [0.29, 0.717) is 27.5 Å². The maximum absolute atomic E-state index is 6.05. The van der Waals surface area contributed by atoms with Crippen molar-refractivity contribution in [1.82, 2.24) is 10.7 Å². The van der Waals surface area contributed by atoms with Crippen LogP contribution in [0.2, 0.25) is 10.0 Å². The van der Waals surface area contributed by atoms with E-state index in [2.05, 4.69) is 15.8 Å². The van der Waals surface area contributed by atoms with Gasteiger partial charge in [-0.1, -0.05) is 23.2 Å². The summed E-state index contributed by atoms with van der Waals surface area (Å²) in [7, 11) is 1.70. The minimum absolute atomic E-state index is 0.425. The molecule has 0 aliphatic carbocycles. The third-order valence-electron chi connectivity index (χ3n) is 1.92. The molecule has 18 heavy (non-hydrogen) atoms. The quantitative estimate of drug-likeness (QED) is 0.510. The summed E-state index contributed by atoms with van der Waals surface area (Å²) >= 11 is 17.0. The molecule has 1 rings (SSSR count). The molecule has 0 unspecified atom stereocenters. The van der Waals surface area contributed by atoms with E-state index in [-0.39, 0.29) is 0 Å². The van der Waals surface area contributed by atoms with Crippen LogP contribution in [0.15, 0.2) is 17.2 Å². The molecule has 0 radical (unpaired) electrons. The fourth-order valence-corrected chi connectivity index (χ4v) is 1.82. The predicted molar refractivity (Wildman–Crippen MR) is 80.0 cm³/mol. The molecule has 0 bridgehead atoms. The Morgan fingerprint density at radius 3 is 2.56 bits per heavy atom. The van der Waals surface area contributed by atoms with Crippen LogP contribution in [-0.4, -0.2) is 25.0 Å². The first-order valence-corrected chi connectivity index (χ1v) is 6.37. The van der Waals surface area contributed by atoms with Crippen molar-refractivity contribution < 1.29 is 4.74 Å². The number of hydrogen-bond acceptors (Lipinski definition) is 3. The summed E-state index contributed by atoms with van der Waals surface area (Å²) in [5.74, 6) is 0.483. The highest BCUT2D eigenvalue weighted by Crippen LogP contribution is 2.33. The van der Waals surface area contributed by atoms with Gasteiger partial charge in [0.25, 0.3) is 0 Å². The van der Waals surface area contributed by atoms with Crippen molar-refractivity contribution in [2.45, 2.75) is 6.92 Å². The number of hydrogen-bond donors (Lipinski definition) is 2. The Kier molecular flexibility index (Phi) is 6.18. The highest BCUT2D eigenvalue weighted by Gasteiger charge is 2.08. The molecule has 1 aromatic rings. The first-order valence-electron chi connectivity index (χ1n) is 5.21. The van der Waals surface area contributed by atoms with Gasteiger partial charge >= 0.3 is 0 Å². The fourth-order valence-electron chi connectivity index (χ4n) is 1.16. The smallest absolute Gasteiger partial charge is 0.186 e. The lowest BCUT2D eigenvalue weighted by atomic mass is 10.2. The minimum atomic E-state index is 0.425. The van der Waals surface area contributed by atoms with Gasteiger partial charge in [0, 0.05) is 7.05 Å². The van der Waals surface area contributed by atoms with Crippen molar-refractivity contribution in [3.8, 4) is 5.75 Å². The van der Waals surface area contributed by atoms with Gasteiger partial charge in [-0.05, 0) is 36.8 Å². The van der Waals surface area contributed by atoms with E-state index in [4.69, 9.17) is 40.2 Å². The molecule has 0 fully saturated rings. The van der Waals surface area contributed by atoms with Gasteiger partial charge in [0.05, 0.1) is 22.9 Å². The van der Waals surface area contributed by atoms with E-state index in [0.717, 1.165) is 5.56 Å². The Balaban J connectivity index is 2.83. The second-order valence-corrected chi connectivity index (χ2v) is 4.42. The zero-order valence-electron chi connectivity index (χ0n) is 9.96. The number of thiocarbonyl (C=S) groups is 1. The number of hydrazone groups is 1. The Morgan fingerprint density at radius 2 is 2.06 bits per heavy atom. The topological polar surface area (TPSA) is 45.6 Å². The van der Waals surface area contributed by atoms with Crippen LogP contribution in [0.25, 0.3) is 0 Å². The first kappa shape index (κ1) is 15.0. The van der Waals surface area contributed by atoms with Gasteiger partial charge in [0.1, 0.15) is 0 Å². The van der Waals surface area contributed by atoms with Crippen molar-refractivity contribution in [2.75, 3.05) is 13.7 Å². The summed E-state index contributed by atoms with van der Waals surface area (Å²) < 4.78 is 5.33. The van der Waals surface area contributed by atoms with E-state index < -0.39 is 0 Å². The minimum Gasteiger partial charge on any atom is -0.491 e. The number of rotatable bonds is 4. The van der Waals surface area contributed by atoms with Crippen molar-refractivity contribution in [1.29, 1.82) is 0 Å². The summed E-state index contributed by atoms with van der Waals surface area (Å²) in [6.45, 7) is 2.37. The number of ether oxygens (including phenoxy) is 1. The largest absolute Gasteiger partial charge is 0.491 e. The number of benzene rings is 1. The molecule has 0 aliphatic heterocycles. The molecule has 0 atom stereocenters. The monoisotopic (exact) mass is 305 g/mol. The number of nitrogens with one attached hydrogen (secondary N) is 2. The van der Waals surface area contributed by atoms with Gasteiger partial charge in [-0.3, -0.25) is 5.43 Å². The zero-order valence-corrected chi connectivity index (χ0v) is 12.3. The van der Waals surface area contributed by atoms with Crippen LogP contribution in [0.1, 0.15) is 12.5 Å². The van der Waals surface area contributed by atoms with Crippen LogP contribution < -0.4 is 15.5 Å². The van der Waals surface area contributed by atoms with Gasteiger partial charge in [-0.15, -0.1) is 0 Å². The first-order chi connectivity index (χ1) is 8.58. The fraction of sp³-hybridized carbons (Fsp3) is 0.273. The molecule has 0 saturated heterocycles. The standard InChI is InChI=1S/C11H13Cl2N3OS/c1-3-17-10-8(12)4-7(5-9(10)13)6-15-16-11(18)14-2/h4-6H,3H2,1-2H3,(H2,14,16,18)/b15-6+. The number of halogens is 2. The molecule has 2 N–H and O–H groups in total. The Labute approximate surface area is 121 Å². The van der Waals surface area contributed by atoms with Crippen molar-refractivity contribution in [3.05, 3.63) is 27.7 Å². The molecule has 1 aromatic carbocycles. The molecule has 0 amide bonds. The third-order valence-corrected chi connectivity index (χ3v) is 2.77. The van der Waals surface area contributed by atoms with Gasteiger partial charge in [0.15, 0.2) is 10.9 Å². The van der Waals surface area contributed by atoms with E-state index in [1.54, 1.807) is 25.4 Å². The molecule has 0 aliphatic rings. The highest BCUT2D eigenvalue weighted by molar-refractivity contribution is 7.80. The van der Waals surface area contributed by atoms with Crippen LogP contribution in [0.3, 0.4) is 0 Å². The molecule has 0 saturated carbocycles. The SMILES string of the molecule is CCOc1c(Cl)cc(/C=N/NC(=S)NC)cc1Cl. The van der Waals surface area contributed by atoms with E-state index in [1.807, 2.05) is 6.92 Å². The van der Waals surface area contributed by atoms with E-state index in [1.165, 1.54) is 0 Å². The lowest BCUT2D eigenvalue weighted by molar-refractivity contribution is 0.340.